The number of thioether (sulfide) groups is 1. The Morgan fingerprint density at radius 1 is 1.36 bits per heavy atom. The van der Waals surface area contributed by atoms with Gasteiger partial charge in [0.05, 0.1) is 29.2 Å². The zero-order valence-corrected chi connectivity index (χ0v) is 18.7. The molecule has 0 amide bonds. The van der Waals surface area contributed by atoms with Crippen molar-refractivity contribution in [1.82, 2.24) is 4.48 Å². The highest BCUT2D eigenvalue weighted by molar-refractivity contribution is 9.14. The SMILES string of the molecule is C=C=C(Br)SC1=C/C(=C(/c2cc3sc(Br)cc3n2B(F)F)C(F)(F)F)N=C1C. The molecule has 0 radical (unpaired) electrons. The van der Waals surface area contributed by atoms with E-state index in [1.54, 1.807) is 6.92 Å². The number of hydrogen-bond donors (Lipinski definition) is 0. The van der Waals surface area contributed by atoms with Gasteiger partial charge in [-0.1, -0.05) is 18.3 Å². The van der Waals surface area contributed by atoms with Crippen molar-refractivity contribution in [2.45, 2.75) is 13.1 Å². The van der Waals surface area contributed by atoms with Crippen molar-refractivity contribution < 1.29 is 21.8 Å². The van der Waals surface area contributed by atoms with Gasteiger partial charge in [-0.15, -0.1) is 17.1 Å². The van der Waals surface area contributed by atoms with Crippen LogP contribution in [0.3, 0.4) is 0 Å². The molecule has 0 spiro atoms. The lowest BCUT2D eigenvalue weighted by Gasteiger charge is -2.15. The van der Waals surface area contributed by atoms with Crippen molar-refractivity contribution in [3.8, 4) is 0 Å². The van der Waals surface area contributed by atoms with Crippen molar-refractivity contribution in [2.24, 2.45) is 4.99 Å². The highest BCUT2D eigenvalue weighted by atomic mass is 79.9. The van der Waals surface area contributed by atoms with E-state index in [1.807, 2.05) is 0 Å². The summed E-state index contributed by atoms with van der Waals surface area (Å²) in [7, 11) is -3.14. The van der Waals surface area contributed by atoms with E-state index in [2.05, 4.69) is 49.2 Å². The minimum atomic E-state index is -4.88. The van der Waals surface area contributed by atoms with Gasteiger partial charge in [0.1, 0.15) is 5.57 Å². The molecule has 0 saturated carbocycles. The molecule has 1 aliphatic rings. The Morgan fingerprint density at radius 2 is 2.04 bits per heavy atom. The lowest BCUT2D eigenvalue weighted by Crippen LogP contribution is -2.21. The van der Waals surface area contributed by atoms with Crippen LogP contribution in [0.15, 0.2) is 53.7 Å². The molecule has 0 aromatic carbocycles. The Bertz CT molecular complexity index is 1100. The number of aromatic nitrogens is 1. The van der Waals surface area contributed by atoms with Gasteiger partial charge in [-0.2, -0.15) is 13.2 Å². The number of hydrogen-bond acceptors (Lipinski definition) is 3. The molecule has 28 heavy (non-hydrogen) atoms. The van der Waals surface area contributed by atoms with E-state index in [0.29, 0.717) is 27.4 Å². The van der Waals surface area contributed by atoms with E-state index in [1.165, 1.54) is 12.1 Å². The van der Waals surface area contributed by atoms with Crippen molar-refractivity contribution in [2.75, 3.05) is 0 Å². The van der Waals surface area contributed by atoms with E-state index >= 15 is 0 Å². The van der Waals surface area contributed by atoms with Gasteiger partial charge in [-0.25, -0.2) is 0 Å². The van der Waals surface area contributed by atoms with E-state index in [4.69, 9.17) is 0 Å². The lowest BCUT2D eigenvalue weighted by atomic mass is 10.1. The molecule has 146 valence electrons. The fourth-order valence-electron chi connectivity index (χ4n) is 2.67. The number of alkyl halides is 3. The lowest BCUT2D eigenvalue weighted by molar-refractivity contribution is -0.0695. The van der Waals surface area contributed by atoms with Crippen LogP contribution in [-0.4, -0.2) is 23.8 Å². The molecule has 1 aliphatic heterocycles. The fraction of sp³-hybridized carbons (Fsp3) is 0.125. The number of rotatable bonds is 4. The molecule has 0 bridgehead atoms. The first-order valence-electron chi connectivity index (χ1n) is 7.44. The largest absolute Gasteiger partial charge is 0.678 e. The molecule has 0 atom stereocenters. The van der Waals surface area contributed by atoms with Crippen LogP contribution in [0.25, 0.3) is 15.8 Å². The monoisotopic (exact) mass is 556 g/mol. The maximum atomic E-state index is 13.9. The maximum absolute atomic E-state index is 13.9. The van der Waals surface area contributed by atoms with Crippen LogP contribution in [0.1, 0.15) is 12.6 Å². The molecule has 0 N–H and O–H groups in total. The van der Waals surface area contributed by atoms with Gasteiger partial charge in [-0.05, 0) is 57.0 Å². The predicted molar refractivity (Wildman–Crippen MR) is 114 cm³/mol. The highest BCUT2D eigenvalue weighted by Crippen LogP contribution is 2.44. The minimum Gasteiger partial charge on any atom is -0.324 e. The Balaban J connectivity index is 2.28. The summed E-state index contributed by atoms with van der Waals surface area (Å²) in [5, 5.41) is 0. The molecule has 2 aromatic rings. The second-order valence-corrected chi connectivity index (χ2v) is 10.3. The van der Waals surface area contributed by atoms with Gasteiger partial charge in [0.25, 0.3) is 0 Å². The number of halogens is 7. The molecule has 12 heteroatoms. The molecule has 0 saturated heterocycles. The third-order valence-electron chi connectivity index (χ3n) is 3.74. The minimum absolute atomic E-state index is 0.0267. The van der Waals surface area contributed by atoms with Crippen LogP contribution in [0.4, 0.5) is 21.8 Å². The van der Waals surface area contributed by atoms with Crippen LogP contribution in [0.5, 0.6) is 0 Å². The molecule has 0 unspecified atom stereocenters. The number of nitrogens with zero attached hydrogens (tertiary/aromatic N) is 2. The van der Waals surface area contributed by atoms with Gasteiger partial charge in [-0.3, -0.25) is 13.6 Å². The molecular formula is C16H8BBr2F5N2S2. The van der Waals surface area contributed by atoms with Gasteiger partial charge in [0.15, 0.2) is 0 Å². The summed E-state index contributed by atoms with van der Waals surface area (Å²) in [6, 6.07) is 2.50. The molecule has 0 fully saturated rings. The quantitative estimate of drug-likeness (QED) is 0.215. The second kappa shape index (κ2) is 7.99. The number of aliphatic imine (C=N–C) groups is 1. The Kier molecular flexibility index (Phi) is 6.17. The average Bonchev–Trinajstić information content (AvgIpc) is 3.18. The summed E-state index contributed by atoms with van der Waals surface area (Å²) >= 11 is 8.52. The molecule has 3 rings (SSSR count). The van der Waals surface area contributed by atoms with Crippen molar-refractivity contribution in [3.05, 3.63) is 54.4 Å². The van der Waals surface area contributed by atoms with Crippen molar-refractivity contribution in [3.63, 3.8) is 0 Å². The number of fused-ring (bicyclic) bond motifs is 1. The normalized spacial score (nSPS) is 16.1. The van der Waals surface area contributed by atoms with Gasteiger partial charge < -0.3 is 4.48 Å². The summed E-state index contributed by atoms with van der Waals surface area (Å²) in [4.78, 5) is 4.43. The van der Waals surface area contributed by atoms with Gasteiger partial charge >= 0.3 is 13.6 Å². The Hall–Kier alpha value is -1.07. The van der Waals surface area contributed by atoms with E-state index in [-0.39, 0.29) is 5.52 Å². The third kappa shape index (κ3) is 4.11. The smallest absolute Gasteiger partial charge is 0.324 e. The van der Waals surface area contributed by atoms with E-state index < -0.39 is 30.5 Å². The zero-order valence-electron chi connectivity index (χ0n) is 13.9. The maximum Gasteiger partial charge on any atom is 0.678 e. The average molecular weight is 558 g/mol. The Morgan fingerprint density at radius 3 is 2.61 bits per heavy atom. The summed E-state index contributed by atoms with van der Waals surface area (Å²) in [5.41, 5.74) is 0.693. The van der Waals surface area contributed by atoms with Gasteiger partial charge in [0.2, 0.25) is 0 Å². The van der Waals surface area contributed by atoms with E-state index in [0.717, 1.165) is 29.2 Å². The topological polar surface area (TPSA) is 17.3 Å². The first-order chi connectivity index (χ1) is 13.0. The molecule has 0 aliphatic carbocycles. The third-order valence-corrected chi connectivity index (χ3v) is 7.04. The van der Waals surface area contributed by atoms with Crippen LogP contribution in [-0.2, 0) is 0 Å². The first kappa shape index (κ1) is 21.6. The highest BCUT2D eigenvalue weighted by Gasteiger charge is 2.42. The molecule has 2 nitrogen and oxygen atoms in total. The molecule has 2 aromatic heterocycles. The van der Waals surface area contributed by atoms with Crippen LogP contribution >= 0.6 is 55.0 Å². The van der Waals surface area contributed by atoms with Crippen molar-refractivity contribution in [1.29, 1.82) is 0 Å². The Labute approximate surface area is 182 Å². The predicted octanol–water partition coefficient (Wildman–Crippen LogP) is 7.62. The number of allylic oxidation sites excluding steroid dienone is 3. The van der Waals surface area contributed by atoms with Gasteiger partial charge in [0, 0.05) is 10.6 Å². The van der Waals surface area contributed by atoms with E-state index in [9.17, 15) is 21.8 Å². The van der Waals surface area contributed by atoms with Crippen LogP contribution in [0, 0.1) is 0 Å². The summed E-state index contributed by atoms with van der Waals surface area (Å²) in [6.07, 6.45) is -3.65. The second-order valence-electron chi connectivity index (χ2n) is 5.49. The number of thiophene rings is 1. The summed E-state index contributed by atoms with van der Waals surface area (Å²) < 4.78 is 70.9. The summed E-state index contributed by atoms with van der Waals surface area (Å²) in [5.74, 6) is 0. The molecule has 3 heterocycles. The molecular weight excluding hydrogens is 550 g/mol. The zero-order chi connectivity index (χ0) is 20.8. The first-order valence-corrected chi connectivity index (χ1v) is 10.7. The standard InChI is InChI=1S/C16H8BBr2F5N2S2/c1-3-13(18)27-11-4-8(25-7(11)2)15(16(20,21)22)10-5-12-9(6-14(19)28-12)26(10)17(23)24/h4-6H,1H2,2H3/b15-8+. The van der Waals surface area contributed by atoms with Crippen LogP contribution < -0.4 is 0 Å². The summed E-state index contributed by atoms with van der Waals surface area (Å²) in [6.45, 7) is 4.99. The fourth-order valence-corrected chi connectivity index (χ4v) is 5.37. The van der Waals surface area contributed by atoms with Crippen molar-refractivity contribution >= 4 is 83.9 Å². The van der Waals surface area contributed by atoms with Crippen LogP contribution in [0.2, 0.25) is 0 Å².